The molecule has 0 heterocycles. The second kappa shape index (κ2) is 7.33. The first-order valence-electron chi connectivity index (χ1n) is 6.90. The van der Waals surface area contributed by atoms with Crippen molar-refractivity contribution in [2.45, 2.75) is 12.8 Å². The third-order valence-electron chi connectivity index (χ3n) is 3.18. The molecular formula is C17H20N2O2. The molecule has 3 N–H and O–H groups in total. The average Bonchev–Trinajstić information content (AvgIpc) is 2.52. The molecule has 0 atom stereocenters. The van der Waals surface area contributed by atoms with Crippen LogP contribution in [0.1, 0.15) is 17.5 Å². The standard InChI is InChI=1S/C17H20N2O2/c1-20-16-12-14(17(18)19)9-10-15(16)21-11-5-8-13-6-3-2-4-7-13/h2-4,6-7,9-10,12H,5,8,11H2,1H3,(H3,18,19). The van der Waals surface area contributed by atoms with Gasteiger partial charge in [0.25, 0.3) is 0 Å². The van der Waals surface area contributed by atoms with Gasteiger partial charge in [0.1, 0.15) is 5.84 Å². The van der Waals surface area contributed by atoms with Crippen LogP contribution in [0.3, 0.4) is 0 Å². The van der Waals surface area contributed by atoms with Gasteiger partial charge in [0.2, 0.25) is 0 Å². The van der Waals surface area contributed by atoms with Gasteiger partial charge >= 0.3 is 0 Å². The third-order valence-corrected chi connectivity index (χ3v) is 3.18. The normalized spacial score (nSPS) is 10.1. The van der Waals surface area contributed by atoms with E-state index < -0.39 is 0 Å². The Labute approximate surface area is 125 Å². The van der Waals surface area contributed by atoms with Crippen molar-refractivity contribution in [2.24, 2.45) is 5.73 Å². The fourth-order valence-corrected chi connectivity index (χ4v) is 2.06. The van der Waals surface area contributed by atoms with Gasteiger partial charge < -0.3 is 15.2 Å². The van der Waals surface area contributed by atoms with Crippen LogP contribution in [0.5, 0.6) is 11.5 Å². The summed E-state index contributed by atoms with van der Waals surface area (Å²) in [6.45, 7) is 0.616. The number of aryl methyl sites for hydroxylation is 1. The molecule has 0 radical (unpaired) electrons. The van der Waals surface area contributed by atoms with Crippen LogP contribution in [-0.4, -0.2) is 19.6 Å². The van der Waals surface area contributed by atoms with Crippen LogP contribution in [0.2, 0.25) is 0 Å². The lowest BCUT2D eigenvalue weighted by Crippen LogP contribution is -2.11. The molecule has 0 aliphatic rings. The summed E-state index contributed by atoms with van der Waals surface area (Å²) < 4.78 is 11.0. The van der Waals surface area contributed by atoms with E-state index in [2.05, 4.69) is 12.1 Å². The zero-order valence-corrected chi connectivity index (χ0v) is 12.1. The van der Waals surface area contributed by atoms with E-state index in [0.29, 0.717) is 23.7 Å². The second-order valence-corrected chi connectivity index (χ2v) is 4.72. The lowest BCUT2D eigenvalue weighted by Gasteiger charge is -2.12. The minimum absolute atomic E-state index is 0.0175. The van der Waals surface area contributed by atoms with Crippen molar-refractivity contribution in [3.63, 3.8) is 0 Å². The summed E-state index contributed by atoms with van der Waals surface area (Å²) >= 11 is 0. The Hall–Kier alpha value is -2.49. The third kappa shape index (κ3) is 4.24. The van der Waals surface area contributed by atoms with E-state index in [1.165, 1.54) is 5.56 Å². The number of amidine groups is 1. The summed E-state index contributed by atoms with van der Waals surface area (Å²) in [7, 11) is 1.58. The van der Waals surface area contributed by atoms with Gasteiger partial charge in [-0.3, -0.25) is 5.41 Å². The zero-order chi connectivity index (χ0) is 15.1. The van der Waals surface area contributed by atoms with Crippen LogP contribution in [0, 0.1) is 5.41 Å². The highest BCUT2D eigenvalue weighted by Gasteiger charge is 2.07. The smallest absolute Gasteiger partial charge is 0.161 e. The SMILES string of the molecule is COc1cc(C(=N)N)ccc1OCCCc1ccccc1. The molecule has 2 aromatic rings. The number of benzene rings is 2. The Balaban J connectivity index is 1.89. The topological polar surface area (TPSA) is 68.3 Å². The van der Waals surface area contributed by atoms with Crippen molar-refractivity contribution in [2.75, 3.05) is 13.7 Å². The number of ether oxygens (including phenoxy) is 2. The monoisotopic (exact) mass is 284 g/mol. The molecule has 0 aromatic heterocycles. The molecule has 0 spiro atoms. The van der Waals surface area contributed by atoms with Gasteiger partial charge in [-0.05, 0) is 36.6 Å². The Bertz CT molecular complexity index is 597. The highest BCUT2D eigenvalue weighted by molar-refractivity contribution is 5.95. The van der Waals surface area contributed by atoms with Gasteiger partial charge in [0.05, 0.1) is 13.7 Å². The number of methoxy groups -OCH3 is 1. The number of hydrogen-bond acceptors (Lipinski definition) is 3. The molecule has 0 bridgehead atoms. The number of hydrogen-bond donors (Lipinski definition) is 2. The first kappa shape index (κ1) is 14.9. The van der Waals surface area contributed by atoms with Crippen LogP contribution in [0.25, 0.3) is 0 Å². The van der Waals surface area contributed by atoms with Crippen molar-refractivity contribution in [1.29, 1.82) is 5.41 Å². The van der Waals surface area contributed by atoms with E-state index in [9.17, 15) is 0 Å². The van der Waals surface area contributed by atoms with Crippen LogP contribution in [0.4, 0.5) is 0 Å². The molecule has 21 heavy (non-hydrogen) atoms. The zero-order valence-electron chi connectivity index (χ0n) is 12.1. The molecule has 0 saturated heterocycles. The van der Waals surface area contributed by atoms with Crippen molar-refractivity contribution >= 4 is 5.84 Å². The van der Waals surface area contributed by atoms with Crippen LogP contribution >= 0.6 is 0 Å². The van der Waals surface area contributed by atoms with E-state index in [0.717, 1.165) is 12.8 Å². The van der Waals surface area contributed by atoms with E-state index in [4.69, 9.17) is 20.6 Å². The summed E-state index contributed by atoms with van der Waals surface area (Å²) in [4.78, 5) is 0. The lowest BCUT2D eigenvalue weighted by molar-refractivity contribution is 0.289. The molecular weight excluding hydrogens is 264 g/mol. The fraction of sp³-hybridized carbons (Fsp3) is 0.235. The maximum Gasteiger partial charge on any atom is 0.161 e. The number of nitrogens with two attached hydrogens (primary N) is 1. The van der Waals surface area contributed by atoms with Gasteiger partial charge in [0, 0.05) is 5.56 Å². The predicted molar refractivity (Wildman–Crippen MR) is 84.3 cm³/mol. The quantitative estimate of drug-likeness (QED) is 0.466. The first-order chi connectivity index (χ1) is 10.2. The highest BCUT2D eigenvalue weighted by atomic mass is 16.5. The van der Waals surface area contributed by atoms with Gasteiger partial charge in [-0.25, -0.2) is 0 Å². The summed E-state index contributed by atoms with van der Waals surface area (Å²) in [5.41, 5.74) is 7.39. The maximum absolute atomic E-state index is 7.42. The summed E-state index contributed by atoms with van der Waals surface area (Å²) in [6, 6.07) is 15.6. The molecule has 110 valence electrons. The van der Waals surface area contributed by atoms with E-state index in [-0.39, 0.29) is 5.84 Å². The molecule has 0 aliphatic heterocycles. The average molecular weight is 284 g/mol. The van der Waals surface area contributed by atoms with Gasteiger partial charge in [-0.1, -0.05) is 30.3 Å². The Kier molecular flexibility index (Phi) is 5.21. The summed E-state index contributed by atoms with van der Waals surface area (Å²) in [6.07, 6.45) is 1.91. The van der Waals surface area contributed by atoms with E-state index >= 15 is 0 Å². The van der Waals surface area contributed by atoms with Crippen molar-refractivity contribution in [1.82, 2.24) is 0 Å². The number of nitrogens with one attached hydrogen (secondary N) is 1. The van der Waals surface area contributed by atoms with Crippen LogP contribution < -0.4 is 15.2 Å². The summed E-state index contributed by atoms with van der Waals surface area (Å²) in [5, 5.41) is 7.42. The van der Waals surface area contributed by atoms with Crippen LogP contribution in [0.15, 0.2) is 48.5 Å². The highest BCUT2D eigenvalue weighted by Crippen LogP contribution is 2.28. The predicted octanol–water partition coefficient (Wildman–Crippen LogP) is 2.99. The number of rotatable bonds is 7. The van der Waals surface area contributed by atoms with Gasteiger partial charge in [0.15, 0.2) is 11.5 Å². The molecule has 0 amide bonds. The minimum atomic E-state index is 0.0175. The molecule has 0 fully saturated rings. The van der Waals surface area contributed by atoms with E-state index in [1.807, 2.05) is 18.2 Å². The Morgan fingerprint density at radius 2 is 1.86 bits per heavy atom. The molecule has 4 nitrogen and oxygen atoms in total. The molecule has 2 rings (SSSR count). The largest absolute Gasteiger partial charge is 0.493 e. The molecule has 0 saturated carbocycles. The van der Waals surface area contributed by atoms with Gasteiger partial charge in [-0.15, -0.1) is 0 Å². The van der Waals surface area contributed by atoms with Crippen molar-refractivity contribution < 1.29 is 9.47 Å². The molecule has 2 aromatic carbocycles. The maximum atomic E-state index is 7.42. The Morgan fingerprint density at radius 3 is 2.52 bits per heavy atom. The molecule has 0 aliphatic carbocycles. The first-order valence-corrected chi connectivity index (χ1v) is 6.90. The lowest BCUT2D eigenvalue weighted by atomic mass is 10.1. The molecule has 0 unspecified atom stereocenters. The fourth-order valence-electron chi connectivity index (χ4n) is 2.06. The second-order valence-electron chi connectivity index (χ2n) is 4.72. The summed E-state index contributed by atoms with van der Waals surface area (Å²) in [5.74, 6) is 1.29. The number of nitrogen functional groups attached to an aromatic ring is 1. The van der Waals surface area contributed by atoms with Crippen LogP contribution in [-0.2, 0) is 6.42 Å². The van der Waals surface area contributed by atoms with Gasteiger partial charge in [-0.2, -0.15) is 0 Å². The van der Waals surface area contributed by atoms with Crippen molar-refractivity contribution in [3.05, 3.63) is 59.7 Å². The van der Waals surface area contributed by atoms with E-state index in [1.54, 1.807) is 25.3 Å². The molecule has 4 heteroatoms. The van der Waals surface area contributed by atoms with Crippen molar-refractivity contribution in [3.8, 4) is 11.5 Å². The Morgan fingerprint density at radius 1 is 1.10 bits per heavy atom. The minimum Gasteiger partial charge on any atom is -0.493 e.